The molecular weight excluding hydrogens is 521 g/mol. The SMILES string of the molecule is COc1cc(C=O)cc2c1O[C@@H]1[C@@H](O)[C@H](N(CC(F)(F)F)C(=O)Cc3ccccc3)C=C(C(=O)NCCO)[C@H]21. The van der Waals surface area contributed by atoms with Crippen LogP contribution in [0.25, 0.3) is 0 Å². The highest BCUT2D eigenvalue weighted by Crippen LogP contribution is 2.51. The molecule has 0 bridgehead atoms. The van der Waals surface area contributed by atoms with Gasteiger partial charge < -0.3 is 29.9 Å². The van der Waals surface area contributed by atoms with Gasteiger partial charge in [-0.1, -0.05) is 30.3 Å². The van der Waals surface area contributed by atoms with Gasteiger partial charge in [-0.05, 0) is 23.8 Å². The normalized spacial score (nSPS) is 21.6. The van der Waals surface area contributed by atoms with E-state index < -0.39 is 55.3 Å². The molecule has 0 unspecified atom stereocenters. The standard InChI is InChI=1S/C27H27F3N2O7/c1-38-20-10-16(13-34)9-17-22-18(26(37)31-7-8-33)12-19(23(36)25(22)39-24(17)20)32(14-27(28,29)30)21(35)11-15-5-3-2-4-6-15/h2-6,9-10,12-13,19,22-23,25,33,36H,7-8,11,14H2,1H3,(H,31,37)/t19-,22+,23+,25+/m1/s1. The molecule has 2 aliphatic rings. The molecule has 1 aliphatic carbocycles. The van der Waals surface area contributed by atoms with Crippen LogP contribution in [0.15, 0.2) is 54.1 Å². The number of fused-ring (bicyclic) bond motifs is 3. The monoisotopic (exact) mass is 548 g/mol. The number of hydrogen-bond donors (Lipinski definition) is 3. The highest BCUT2D eigenvalue weighted by Gasteiger charge is 2.52. The van der Waals surface area contributed by atoms with Crippen molar-refractivity contribution in [2.24, 2.45) is 0 Å². The summed E-state index contributed by atoms with van der Waals surface area (Å²) in [6, 6.07) is 9.43. The number of amides is 2. The smallest absolute Gasteiger partial charge is 0.406 e. The third-order valence-corrected chi connectivity index (χ3v) is 6.64. The first-order valence-corrected chi connectivity index (χ1v) is 12.1. The Balaban J connectivity index is 1.80. The second-order valence-electron chi connectivity index (χ2n) is 9.20. The van der Waals surface area contributed by atoms with Crippen molar-refractivity contribution >= 4 is 18.1 Å². The van der Waals surface area contributed by atoms with Crippen LogP contribution in [0.3, 0.4) is 0 Å². The summed E-state index contributed by atoms with van der Waals surface area (Å²) >= 11 is 0. The van der Waals surface area contributed by atoms with E-state index in [0.29, 0.717) is 22.3 Å². The number of aliphatic hydroxyl groups excluding tert-OH is 2. The minimum absolute atomic E-state index is 0.0766. The van der Waals surface area contributed by atoms with Gasteiger partial charge in [-0.2, -0.15) is 13.2 Å². The molecule has 4 rings (SSSR count). The number of halogens is 3. The van der Waals surface area contributed by atoms with Gasteiger partial charge in [-0.15, -0.1) is 0 Å². The summed E-state index contributed by atoms with van der Waals surface area (Å²) in [6.07, 6.45) is -6.44. The van der Waals surface area contributed by atoms with Gasteiger partial charge in [-0.25, -0.2) is 0 Å². The Morgan fingerprint density at radius 2 is 1.92 bits per heavy atom. The van der Waals surface area contributed by atoms with Crippen molar-refractivity contribution in [1.82, 2.24) is 10.2 Å². The Morgan fingerprint density at radius 3 is 2.54 bits per heavy atom. The topological polar surface area (TPSA) is 125 Å². The molecule has 12 heteroatoms. The first kappa shape index (κ1) is 28.1. The molecule has 9 nitrogen and oxygen atoms in total. The average Bonchev–Trinajstić information content (AvgIpc) is 3.30. The number of nitrogens with one attached hydrogen (secondary N) is 1. The molecular formula is C27H27F3N2O7. The zero-order valence-electron chi connectivity index (χ0n) is 20.9. The number of rotatable bonds is 9. The van der Waals surface area contributed by atoms with Crippen LogP contribution in [0.1, 0.15) is 27.4 Å². The summed E-state index contributed by atoms with van der Waals surface area (Å²) in [5.41, 5.74) is 0.909. The van der Waals surface area contributed by atoms with Crippen LogP contribution in [-0.4, -0.2) is 84.4 Å². The van der Waals surface area contributed by atoms with Crippen molar-refractivity contribution in [3.05, 3.63) is 70.8 Å². The van der Waals surface area contributed by atoms with Crippen LogP contribution >= 0.6 is 0 Å². The minimum Gasteiger partial charge on any atom is -0.493 e. The molecule has 0 saturated carbocycles. The van der Waals surface area contributed by atoms with E-state index in [1.54, 1.807) is 30.3 Å². The summed E-state index contributed by atoms with van der Waals surface area (Å²) in [5.74, 6) is -2.38. The molecule has 4 atom stereocenters. The lowest BCUT2D eigenvalue weighted by molar-refractivity contribution is -0.169. The Kier molecular flexibility index (Phi) is 8.26. The van der Waals surface area contributed by atoms with Crippen LogP contribution in [0, 0.1) is 0 Å². The van der Waals surface area contributed by atoms with Gasteiger partial charge in [-0.3, -0.25) is 14.4 Å². The molecule has 2 aromatic rings. The number of carbonyl (C=O) groups is 3. The molecule has 0 fully saturated rings. The molecule has 208 valence electrons. The van der Waals surface area contributed by atoms with E-state index in [0.717, 1.165) is 6.08 Å². The van der Waals surface area contributed by atoms with Gasteiger partial charge in [0, 0.05) is 23.2 Å². The fraction of sp³-hybridized carbons (Fsp3) is 0.370. The first-order chi connectivity index (χ1) is 18.6. The maximum Gasteiger partial charge on any atom is 0.406 e. The van der Waals surface area contributed by atoms with E-state index in [2.05, 4.69) is 5.32 Å². The molecule has 0 spiro atoms. The number of carbonyl (C=O) groups excluding carboxylic acids is 3. The van der Waals surface area contributed by atoms with E-state index in [-0.39, 0.29) is 35.6 Å². The lowest BCUT2D eigenvalue weighted by Crippen LogP contribution is -2.57. The van der Waals surface area contributed by atoms with Crippen LogP contribution in [0.4, 0.5) is 13.2 Å². The zero-order valence-corrected chi connectivity index (χ0v) is 20.9. The fourth-order valence-corrected chi connectivity index (χ4v) is 4.98. The Bertz CT molecular complexity index is 1270. The predicted molar refractivity (Wildman–Crippen MR) is 131 cm³/mol. The number of aldehydes is 1. The van der Waals surface area contributed by atoms with Crippen molar-refractivity contribution in [2.45, 2.75) is 36.8 Å². The molecule has 2 amide bonds. The Hall–Kier alpha value is -3.90. The predicted octanol–water partition coefficient (Wildman–Crippen LogP) is 1.76. The van der Waals surface area contributed by atoms with Gasteiger partial charge in [0.1, 0.15) is 25.0 Å². The van der Waals surface area contributed by atoms with E-state index in [1.807, 2.05) is 0 Å². The summed E-state index contributed by atoms with van der Waals surface area (Å²) in [5, 5.41) is 23.0. The number of nitrogens with zero attached hydrogens (tertiary/aromatic N) is 1. The highest BCUT2D eigenvalue weighted by atomic mass is 19.4. The third-order valence-electron chi connectivity index (χ3n) is 6.64. The van der Waals surface area contributed by atoms with Crippen LogP contribution < -0.4 is 14.8 Å². The van der Waals surface area contributed by atoms with E-state index in [4.69, 9.17) is 9.47 Å². The molecule has 0 aromatic heterocycles. The lowest BCUT2D eigenvalue weighted by Gasteiger charge is -2.41. The molecule has 1 heterocycles. The molecule has 2 aromatic carbocycles. The van der Waals surface area contributed by atoms with E-state index in [9.17, 15) is 37.8 Å². The number of benzene rings is 2. The van der Waals surface area contributed by atoms with Crippen molar-refractivity contribution in [1.29, 1.82) is 0 Å². The average molecular weight is 549 g/mol. The maximum atomic E-state index is 13.7. The molecule has 3 N–H and O–H groups in total. The highest BCUT2D eigenvalue weighted by molar-refractivity contribution is 5.96. The van der Waals surface area contributed by atoms with Gasteiger partial charge in [0.25, 0.3) is 0 Å². The van der Waals surface area contributed by atoms with Gasteiger partial charge in [0.2, 0.25) is 11.8 Å². The molecule has 0 saturated heterocycles. The number of methoxy groups -OCH3 is 1. The number of ether oxygens (including phenoxy) is 2. The summed E-state index contributed by atoms with van der Waals surface area (Å²) in [6.45, 7) is -2.22. The Morgan fingerprint density at radius 1 is 1.21 bits per heavy atom. The van der Waals surface area contributed by atoms with Crippen molar-refractivity contribution in [3.63, 3.8) is 0 Å². The van der Waals surface area contributed by atoms with Crippen molar-refractivity contribution in [2.75, 3.05) is 26.8 Å². The maximum absolute atomic E-state index is 13.7. The zero-order chi connectivity index (χ0) is 28.3. The van der Waals surface area contributed by atoms with Gasteiger partial charge in [0.15, 0.2) is 11.5 Å². The number of alkyl halides is 3. The quantitative estimate of drug-likeness (QED) is 0.408. The summed E-state index contributed by atoms with van der Waals surface area (Å²) in [7, 11) is 1.33. The Labute approximate surface area is 221 Å². The van der Waals surface area contributed by atoms with Crippen LogP contribution in [0.5, 0.6) is 11.5 Å². The van der Waals surface area contributed by atoms with Crippen LogP contribution in [-0.2, 0) is 16.0 Å². The number of hydrogen-bond acceptors (Lipinski definition) is 7. The lowest BCUT2D eigenvalue weighted by atomic mass is 9.77. The van der Waals surface area contributed by atoms with Crippen molar-refractivity contribution < 1.29 is 47.2 Å². The first-order valence-electron chi connectivity index (χ1n) is 12.1. The third kappa shape index (κ3) is 5.91. The molecule has 0 radical (unpaired) electrons. The molecule has 39 heavy (non-hydrogen) atoms. The number of aliphatic hydroxyl groups is 2. The fourth-order valence-electron chi connectivity index (χ4n) is 4.98. The second kappa shape index (κ2) is 11.5. The summed E-state index contributed by atoms with van der Waals surface area (Å²) in [4.78, 5) is 38.4. The summed E-state index contributed by atoms with van der Waals surface area (Å²) < 4.78 is 52.3. The second-order valence-corrected chi connectivity index (χ2v) is 9.20. The largest absolute Gasteiger partial charge is 0.493 e. The van der Waals surface area contributed by atoms with Gasteiger partial charge in [0.05, 0.1) is 32.1 Å². The van der Waals surface area contributed by atoms with Crippen molar-refractivity contribution in [3.8, 4) is 11.5 Å². The van der Waals surface area contributed by atoms with E-state index >= 15 is 0 Å². The van der Waals surface area contributed by atoms with Gasteiger partial charge >= 0.3 is 6.18 Å². The molecule has 1 aliphatic heterocycles. The van der Waals surface area contributed by atoms with Crippen LogP contribution in [0.2, 0.25) is 0 Å². The minimum atomic E-state index is -4.81. The van der Waals surface area contributed by atoms with E-state index in [1.165, 1.54) is 19.2 Å².